The molecule has 0 aromatic heterocycles. The first kappa shape index (κ1) is 18.9. The van der Waals surface area contributed by atoms with Crippen LogP contribution in [0.5, 0.6) is 5.75 Å². The first-order valence-electron chi connectivity index (χ1n) is 10.9. The Morgan fingerprint density at radius 2 is 1.83 bits per heavy atom. The molecule has 2 heterocycles. The Balaban J connectivity index is 1.77. The van der Waals surface area contributed by atoms with Crippen LogP contribution in [0.15, 0.2) is 78.3 Å². The highest BCUT2D eigenvalue weighted by Crippen LogP contribution is 2.57. The van der Waals surface area contributed by atoms with E-state index in [0.717, 1.165) is 29.7 Å². The molecule has 0 saturated carbocycles. The summed E-state index contributed by atoms with van der Waals surface area (Å²) in [4.78, 5) is 7.46. The van der Waals surface area contributed by atoms with Gasteiger partial charge in [-0.05, 0) is 42.8 Å². The number of nitrogens with zero attached hydrogens (tertiary/aromatic N) is 2. The van der Waals surface area contributed by atoms with Crippen LogP contribution in [-0.4, -0.2) is 18.0 Å². The molecule has 0 N–H and O–H groups in total. The van der Waals surface area contributed by atoms with Gasteiger partial charge in [-0.2, -0.15) is 0 Å². The van der Waals surface area contributed by atoms with E-state index in [2.05, 4.69) is 99.1 Å². The van der Waals surface area contributed by atoms with Crippen molar-refractivity contribution in [2.24, 2.45) is 4.99 Å². The van der Waals surface area contributed by atoms with Gasteiger partial charge in [-0.25, -0.2) is 0 Å². The van der Waals surface area contributed by atoms with Crippen LogP contribution in [0.25, 0.3) is 10.8 Å². The zero-order valence-corrected chi connectivity index (χ0v) is 17.9. The van der Waals surface area contributed by atoms with E-state index >= 15 is 0 Å². The molecule has 0 saturated heterocycles. The van der Waals surface area contributed by atoms with Crippen molar-refractivity contribution in [3.8, 4) is 5.75 Å². The van der Waals surface area contributed by atoms with Gasteiger partial charge in [0.05, 0.1) is 17.7 Å². The van der Waals surface area contributed by atoms with Crippen molar-refractivity contribution in [2.45, 2.75) is 50.8 Å². The summed E-state index contributed by atoms with van der Waals surface area (Å²) in [5, 5.41) is 2.30. The fourth-order valence-corrected chi connectivity index (χ4v) is 5.27. The highest BCUT2D eigenvalue weighted by atomic mass is 16.5. The lowest BCUT2D eigenvalue weighted by Crippen LogP contribution is -2.65. The summed E-state index contributed by atoms with van der Waals surface area (Å²) in [6.45, 7) is 10.9. The summed E-state index contributed by atoms with van der Waals surface area (Å²) in [6, 6.07) is 21.4. The van der Waals surface area contributed by atoms with Crippen LogP contribution in [0.4, 0.5) is 11.4 Å². The molecule has 2 aliphatic rings. The molecule has 3 nitrogen and oxygen atoms in total. The van der Waals surface area contributed by atoms with E-state index in [4.69, 9.17) is 9.73 Å². The van der Waals surface area contributed by atoms with E-state index in [1.54, 1.807) is 0 Å². The number of rotatable bonds is 4. The minimum Gasteiger partial charge on any atom is -0.459 e. The molecule has 0 radical (unpaired) electrons. The smallest absolute Gasteiger partial charge is 0.229 e. The molecule has 0 aliphatic carbocycles. The Morgan fingerprint density at radius 1 is 1.07 bits per heavy atom. The number of aliphatic imine (C=N–C) groups is 1. The van der Waals surface area contributed by atoms with Crippen molar-refractivity contribution in [3.63, 3.8) is 0 Å². The van der Waals surface area contributed by atoms with Crippen LogP contribution < -0.4 is 9.64 Å². The summed E-state index contributed by atoms with van der Waals surface area (Å²) >= 11 is 0. The quantitative estimate of drug-likeness (QED) is 0.454. The maximum atomic E-state index is 7.00. The topological polar surface area (TPSA) is 24.8 Å². The summed E-state index contributed by atoms with van der Waals surface area (Å²) in [6.07, 6.45) is 5.97. The monoisotopic (exact) mass is 396 g/mol. The van der Waals surface area contributed by atoms with Crippen molar-refractivity contribution in [3.05, 3.63) is 78.9 Å². The van der Waals surface area contributed by atoms with Crippen LogP contribution in [-0.2, 0) is 5.41 Å². The van der Waals surface area contributed by atoms with Gasteiger partial charge in [0.15, 0.2) is 0 Å². The van der Waals surface area contributed by atoms with Gasteiger partial charge in [-0.15, -0.1) is 6.58 Å². The first-order valence-corrected chi connectivity index (χ1v) is 10.9. The third-order valence-electron chi connectivity index (χ3n) is 7.13. The molecule has 5 rings (SSSR count). The number of anilines is 1. The van der Waals surface area contributed by atoms with Gasteiger partial charge in [0.1, 0.15) is 11.4 Å². The second kappa shape index (κ2) is 6.73. The molecule has 3 atom stereocenters. The average molecular weight is 397 g/mol. The molecule has 30 heavy (non-hydrogen) atoms. The van der Waals surface area contributed by atoms with Crippen LogP contribution in [0.3, 0.4) is 0 Å². The van der Waals surface area contributed by atoms with Gasteiger partial charge >= 0.3 is 0 Å². The maximum Gasteiger partial charge on any atom is 0.229 e. The molecular formula is C27H28N2O. The minimum atomic E-state index is -0.699. The summed E-state index contributed by atoms with van der Waals surface area (Å²) in [5.41, 5.74) is 2.50. The highest BCUT2D eigenvalue weighted by molar-refractivity contribution is 6.00. The molecule has 2 aliphatic heterocycles. The number of benzene rings is 3. The van der Waals surface area contributed by atoms with Gasteiger partial charge in [0, 0.05) is 11.1 Å². The maximum absolute atomic E-state index is 7.00. The standard InChI is InChI=1S/C27H28N2O/c1-5-20(6-2)29-23-15-11-10-14-22(23)26(4,7-3)27(29)18-28-25-21-13-9-8-12-19(21)16-17-24(25)30-27/h5,8-18,20H,1,6-7H2,2-4H3. The van der Waals surface area contributed by atoms with Crippen LogP contribution >= 0.6 is 0 Å². The van der Waals surface area contributed by atoms with E-state index in [9.17, 15) is 0 Å². The Morgan fingerprint density at radius 3 is 2.60 bits per heavy atom. The highest BCUT2D eigenvalue weighted by Gasteiger charge is 2.62. The van der Waals surface area contributed by atoms with E-state index in [-0.39, 0.29) is 11.5 Å². The molecule has 152 valence electrons. The summed E-state index contributed by atoms with van der Waals surface area (Å²) < 4.78 is 7.00. The van der Waals surface area contributed by atoms with Crippen molar-refractivity contribution in [1.29, 1.82) is 0 Å². The molecule has 3 unspecified atom stereocenters. The predicted molar refractivity (Wildman–Crippen MR) is 126 cm³/mol. The van der Waals surface area contributed by atoms with Crippen molar-refractivity contribution < 1.29 is 4.74 Å². The van der Waals surface area contributed by atoms with Crippen molar-refractivity contribution in [2.75, 3.05) is 4.90 Å². The fourth-order valence-electron chi connectivity index (χ4n) is 5.27. The van der Waals surface area contributed by atoms with Crippen LogP contribution in [0.2, 0.25) is 0 Å². The van der Waals surface area contributed by atoms with E-state index in [1.807, 2.05) is 6.08 Å². The van der Waals surface area contributed by atoms with E-state index in [1.165, 1.54) is 16.6 Å². The summed E-state index contributed by atoms with van der Waals surface area (Å²) in [7, 11) is 0. The van der Waals surface area contributed by atoms with Crippen LogP contribution in [0, 0.1) is 0 Å². The third-order valence-corrected chi connectivity index (χ3v) is 7.13. The Bertz CT molecular complexity index is 1170. The molecule has 1 spiro atoms. The zero-order chi connectivity index (χ0) is 20.9. The Labute approximate surface area is 178 Å². The molecule has 3 aromatic carbocycles. The van der Waals surface area contributed by atoms with Gasteiger partial charge in [0.25, 0.3) is 0 Å². The SMILES string of the molecule is C=CC(CC)N1c2ccccc2C(C)(CC)C12C=Nc1c(ccc3ccccc13)O2. The Kier molecular flexibility index (Phi) is 4.25. The first-order chi connectivity index (χ1) is 14.6. The van der Waals surface area contributed by atoms with Crippen molar-refractivity contribution in [1.82, 2.24) is 0 Å². The summed E-state index contributed by atoms with van der Waals surface area (Å²) in [5.74, 6) is 0.840. The molecule has 3 aromatic rings. The molecular weight excluding hydrogens is 368 g/mol. The predicted octanol–water partition coefficient (Wildman–Crippen LogP) is 6.78. The second-order valence-electron chi connectivity index (χ2n) is 8.47. The normalized spacial score (nSPS) is 25.1. The minimum absolute atomic E-state index is 0.146. The molecule has 0 amide bonds. The van der Waals surface area contributed by atoms with Crippen molar-refractivity contribution >= 4 is 28.4 Å². The second-order valence-corrected chi connectivity index (χ2v) is 8.47. The number of para-hydroxylation sites is 1. The lowest BCUT2D eigenvalue weighted by molar-refractivity contribution is 0.0614. The van der Waals surface area contributed by atoms with Gasteiger partial charge in [-0.3, -0.25) is 4.99 Å². The number of hydrogen-bond donors (Lipinski definition) is 0. The van der Waals surface area contributed by atoms with Crippen LogP contribution in [0.1, 0.15) is 39.2 Å². The fraction of sp³-hybridized carbons (Fsp3) is 0.296. The number of hydrogen-bond acceptors (Lipinski definition) is 3. The zero-order valence-electron chi connectivity index (χ0n) is 17.9. The Hall–Kier alpha value is -3.07. The van der Waals surface area contributed by atoms with E-state index < -0.39 is 5.72 Å². The lowest BCUT2D eigenvalue weighted by Gasteiger charge is -2.49. The number of ether oxygens (including phenoxy) is 1. The average Bonchev–Trinajstić information content (AvgIpc) is 3.00. The molecule has 0 bridgehead atoms. The number of fused-ring (bicyclic) bond motifs is 4. The van der Waals surface area contributed by atoms with Gasteiger partial charge < -0.3 is 9.64 Å². The molecule has 3 heteroatoms. The largest absolute Gasteiger partial charge is 0.459 e. The van der Waals surface area contributed by atoms with E-state index in [0.29, 0.717) is 0 Å². The van der Waals surface area contributed by atoms with Gasteiger partial charge in [0.2, 0.25) is 5.72 Å². The van der Waals surface area contributed by atoms with Gasteiger partial charge in [-0.1, -0.05) is 68.5 Å². The third kappa shape index (κ3) is 2.29. The lowest BCUT2D eigenvalue weighted by atomic mass is 9.73. The molecule has 0 fully saturated rings.